The molecule has 2 heterocycles. The molecule has 1 unspecified atom stereocenters. The molecule has 2 rings (SSSR count). The smallest absolute Gasteiger partial charge is 0.333 e. The summed E-state index contributed by atoms with van der Waals surface area (Å²) in [6, 6.07) is 0. The highest BCUT2D eigenvalue weighted by atomic mass is 16.7. The Hall–Kier alpha value is -0.830. The first-order chi connectivity index (χ1) is 4.86. The average molecular weight is 140 g/mol. The van der Waals surface area contributed by atoms with E-state index in [0.717, 1.165) is 18.4 Å². The summed E-state index contributed by atoms with van der Waals surface area (Å²) in [4.78, 5) is 10.6. The Morgan fingerprint density at radius 2 is 2.50 bits per heavy atom. The fraction of sp³-hybridized carbons (Fsp3) is 0.571. The molecule has 0 aliphatic carbocycles. The van der Waals surface area contributed by atoms with Gasteiger partial charge in [0.25, 0.3) is 0 Å². The Balaban J connectivity index is 2.17. The molecular formula is C7H8O3. The van der Waals surface area contributed by atoms with Gasteiger partial charge in [-0.3, -0.25) is 0 Å². The summed E-state index contributed by atoms with van der Waals surface area (Å²) in [6.45, 7) is 0.704. The van der Waals surface area contributed by atoms with Crippen LogP contribution in [0.2, 0.25) is 0 Å². The summed E-state index contributed by atoms with van der Waals surface area (Å²) < 4.78 is 9.97. The van der Waals surface area contributed by atoms with E-state index in [-0.39, 0.29) is 12.3 Å². The number of hydrogen-bond acceptors (Lipinski definition) is 3. The quantitative estimate of drug-likeness (QED) is 0.462. The monoisotopic (exact) mass is 140 g/mol. The van der Waals surface area contributed by atoms with Crippen LogP contribution >= 0.6 is 0 Å². The minimum atomic E-state index is -0.346. The van der Waals surface area contributed by atoms with Crippen molar-refractivity contribution in [3.63, 3.8) is 0 Å². The van der Waals surface area contributed by atoms with Gasteiger partial charge in [-0.2, -0.15) is 0 Å². The van der Waals surface area contributed by atoms with Crippen molar-refractivity contribution in [2.75, 3.05) is 6.61 Å². The molecule has 3 nitrogen and oxygen atoms in total. The number of carbonyl (C=O) groups is 1. The third kappa shape index (κ3) is 0.827. The van der Waals surface area contributed by atoms with E-state index in [1.165, 1.54) is 6.08 Å². The fourth-order valence-corrected chi connectivity index (χ4v) is 1.23. The van der Waals surface area contributed by atoms with Gasteiger partial charge >= 0.3 is 5.97 Å². The second-order valence-corrected chi connectivity index (χ2v) is 2.46. The van der Waals surface area contributed by atoms with Crippen LogP contribution in [-0.2, 0) is 14.3 Å². The molecule has 0 amide bonds. The standard InChI is InChI=1S/C7H8O3/c8-6-4-5-2-1-3-9-7(5)10-6/h4,7H,1-3H2. The van der Waals surface area contributed by atoms with Gasteiger partial charge < -0.3 is 9.47 Å². The summed E-state index contributed by atoms with van der Waals surface area (Å²) in [7, 11) is 0. The molecule has 0 radical (unpaired) electrons. The van der Waals surface area contributed by atoms with Gasteiger partial charge in [0.2, 0.25) is 6.29 Å². The van der Waals surface area contributed by atoms with E-state index in [2.05, 4.69) is 0 Å². The van der Waals surface area contributed by atoms with Crippen molar-refractivity contribution in [3.8, 4) is 0 Å². The SMILES string of the molecule is O=C1C=C2CCCOC2O1. The molecule has 54 valence electrons. The van der Waals surface area contributed by atoms with Gasteiger partial charge in [0.1, 0.15) is 0 Å². The highest BCUT2D eigenvalue weighted by molar-refractivity contribution is 5.85. The minimum Gasteiger partial charge on any atom is -0.428 e. The van der Waals surface area contributed by atoms with Crippen LogP contribution < -0.4 is 0 Å². The van der Waals surface area contributed by atoms with Crippen LogP contribution in [-0.4, -0.2) is 18.9 Å². The van der Waals surface area contributed by atoms with Crippen LogP contribution in [0.3, 0.4) is 0 Å². The summed E-state index contributed by atoms with van der Waals surface area (Å²) in [5, 5.41) is 0. The molecule has 2 aliphatic heterocycles. The Morgan fingerprint density at radius 1 is 1.60 bits per heavy atom. The number of hydrogen-bond donors (Lipinski definition) is 0. The Kier molecular flexibility index (Phi) is 1.24. The number of ether oxygens (including phenoxy) is 2. The van der Waals surface area contributed by atoms with Gasteiger partial charge in [-0.1, -0.05) is 0 Å². The zero-order valence-corrected chi connectivity index (χ0v) is 5.50. The van der Waals surface area contributed by atoms with Crippen molar-refractivity contribution in [3.05, 3.63) is 11.6 Å². The average Bonchev–Trinajstić information content (AvgIpc) is 2.27. The number of carbonyl (C=O) groups excluding carboxylic acids is 1. The van der Waals surface area contributed by atoms with Crippen molar-refractivity contribution in [1.29, 1.82) is 0 Å². The normalized spacial score (nSPS) is 31.0. The molecule has 0 aromatic heterocycles. The van der Waals surface area contributed by atoms with Gasteiger partial charge in [0, 0.05) is 11.6 Å². The zero-order valence-electron chi connectivity index (χ0n) is 5.50. The fourth-order valence-electron chi connectivity index (χ4n) is 1.23. The molecular weight excluding hydrogens is 132 g/mol. The lowest BCUT2D eigenvalue weighted by Crippen LogP contribution is -2.21. The molecule has 3 heteroatoms. The third-order valence-corrected chi connectivity index (χ3v) is 1.71. The van der Waals surface area contributed by atoms with Gasteiger partial charge in [0.05, 0.1) is 6.61 Å². The molecule has 0 aromatic carbocycles. The molecule has 0 N–H and O–H groups in total. The van der Waals surface area contributed by atoms with Crippen LogP contribution in [0.4, 0.5) is 0 Å². The number of rotatable bonds is 0. The minimum absolute atomic E-state index is 0.262. The van der Waals surface area contributed by atoms with Crippen LogP contribution in [0, 0.1) is 0 Å². The topological polar surface area (TPSA) is 35.5 Å². The molecule has 10 heavy (non-hydrogen) atoms. The molecule has 0 spiro atoms. The first-order valence-corrected chi connectivity index (χ1v) is 3.39. The van der Waals surface area contributed by atoms with E-state index in [0.29, 0.717) is 6.61 Å². The molecule has 1 atom stereocenters. The van der Waals surface area contributed by atoms with Crippen LogP contribution in [0.25, 0.3) is 0 Å². The van der Waals surface area contributed by atoms with Crippen LogP contribution in [0.15, 0.2) is 11.6 Å². The Bertz CT molecular complexity index is 195. The van der Waals surface area contributed by atoms with E-state index in [4.69, 9.17) is 9.47 Å². The highest BCUT2D eigenvalue weighted by Gasteiger charge is 2.28. The molecule has 1 fully saturated rings. The summed E-state index contributed by atoms with van der Waals surface area (Å²) in [5.74, 6) is -0.262. The van der Waals surface area contributed by atoms with E-state index < -0.39 is 0 Å². The Labute approximate surface area is 58.6 Å². The van der Waals surface area contributed by atoms with Crippen LogP contribution in [0.5, 0.6) is 0 Å². The Morgan fingerprint density at radius 3 is 3.30 bits per heavy atom. The van der Waals surface area contributed by atoms with Gasteiger partial charge in [-0.15, -0.1) is 0 Å². The second kappa shape index (κ2) is 2.09. The van der Waals surface area contributed by atoms with Crippen molar-refractivity contribution in [2.45, 2.75) is 19.1 Å². The zero-order chi connectivity index (χ0) is 6.97. The molecule has 0 bridgehead atoms. The first kappa shape index (κ1) is 5.92. The maximum atomic E-state index is 10.6. The van der Waals surface area contributed by atoms with Crippen LogP contribution in [0.1, 0.15) is 12.8 Å². The molecule has 0 aromatic rings. The van der Waals surface area contributed by atoms with Gasteiger partial charge in [0.15, 0.2) is 0 Å². The first-order valence-electron chi connectivity index (χ1n) is 3.39. The van der Waals surface area contributed by atoms with E-state index >= 15 is 0 Å². The lowest BCUT2D eigenvalue weighted by atomic mass is 10.1. The van der Waals surface area contributed by atoms with Gasteiger partial charge in [-0.05, 0) is 12.8 Å². The van der Waals surface area contributed by atoms with Gasteiger partial charge in [-0.25, -0.2) is 4.79 Å². The molecule has 0 saturated carbocycles. The van der Waals surface area contributed by atoms with Crippen molar-refractivity contribution in [1.82, 2.24) is 0 Å². The van der Waals surface area contributed by atoms with Crippen molar-refractivity contribution in [2.24, 2.45) is 0 Å². The summed E-state index contributed by atoms with van der Waals surface area (Å²) >= 11 is 0. The molecule has 1 saturated heterocycles. The van der Waals surface area contributed by atoms with Crippen molar-refractivity contribution >= 4 is 5.97 Å². The highest BCUT2D eigenvalue weighted by Crippen LogP contribution is 2.25. The van der Waals surface area contributed by atoms with Crippen molar-refractivity contribution < 1.29 is 14.3 Å². The second-order valence-electron chi connectivity index (χ2n) is 2.46. The van der Waals surface area contributed by atoms with E-state index in [9.17, 15) is 4.79 Å². The maximum absolute atomic E-state index is 10.6. The summed E-state index contributed by atoms with van der Waals surface area (Å²) in [5.41, 5.74) is 0.997. The largest absolute Gasteiger partial charge is 0.428 e. The maximum Gasteiger partial charge on any atom is 0.333 e. The third-order valence-electron chi connectivity index (χ3n) is 1.71. The summed E-state index contributed by atoms with van der Waals surface area (Å²) in [6.07, 6.45) is 3.13. The van der Waals surface area contributed by atoms with E-state index in [1.807, 2.05) is 0 Å². The number of esters is 1. The predicted molar refractivity (Wildman–Crippen MR) is 33.1 cm³/mol. The number of fused-ring (bicyclic) bond motifs is 1. The molecule has 2 aliphatic rings. The predicted octanol–water partition coefficient (Wildman–Crippen LogP) is 0.606. The lowest BCUT2D eigenvalue weighted by Gasteiger charge is -2.19. The lowest BCUT2D eigenvalue weighted by molar-refractivity contribution is -0.162. The van der Waals surface area contributed by atoms with E-state index in [1.54, 1.807) is 0 Å².